The van der Waals surface area contributed by atoms with E-state index in [1.807, 2.05) is 20.8 Å². The first-order valence-electron chi connectivity index (χ1n) is 30.5. The molecule has 0 amide bonds. The molecule has 21 heteroatoms. The topological polar surface area (TPSA) is 304 Å². The first-order valence-corrected chi connectivity index (χ1v) is 33.0. The zero-order valence-corrected chi connectivity index (χ0v) is 53.2. The third-order valence-corrected chi connectivity index (χ3v) is 27.5. The molecule has 2 aliphatic heterocycles. The minimum Gasteiger partial charge on any atom is -0.455 e. The average molecular weight is 1220 g/mol. The average Bonchev–Trinajstić information content (AvgIpc) is 0.679. The number of rotatable bonds is 12. The molecule has 0 radical (unpaired) electrons. The summed E-state index contributed by atoms with van der Waals surface area (Å²) in [6.07, 6.45) is -14.2. The second-order valence-corrected chi connectivity index (χ2v) is 32.1. The summed E-state index contributed by atoms with van der Waals surface area (Å²) in [6, 6.07) is 19.2. The van der Waals surface area contributed by atoms with Gasteiger partial charge in [0.1, 0.15) is 47.8 Å². The second-order valence-electron chi connectivity index (χ2n) is 27.3. The van der Waals surface area contributed by atoms with Gasteiger partial charge in [0.25, 0.3) is 0 Å². The quantitative estimate of drug-likeness (QED) is 0.0569. The van der Waals surface area contributed by atoms with Gasteiger partial charge in [-0.2, -0.15) is 0 Å². The van der Waals surface area contributed by atoms with Crippen molar-refractivity contribution in [3.63, 3.8) is 0 Å². The van der Waals surface area contributed by atoms with Gasteiger partial charge >= 0.3 is 23.9 Å². The van der Waals surface area contributed by atoms with Crippen molar-refractivity contribution in [2.24, 2.45) is 33.5 Å². The number of esters is 4. The Bertz CT molecular complexity index is 2960. The van der Waals surface area contributed by atoms with Gasteiger partial charge in [-0.3, -0.25) is 9.59 Å². The number of carbonyl (C=O) groups excluding carboxylic acids is 4. The molecule has 476 valence electrons. The van der Waals surface area contributed by atoms with Gasteiger partial charge in [0.15, 0.2) is 19.5 Å². The fourth-order valence-corrected chi connectivity index (χ4v) is 20.4. The van der Waals surface area contributed by atoms with E-state index in [0.717, 1.165) is 18.1 Å². The van der Waals surface area contributed by atoms with E-state index in [1.54, 1.807) is 95.3 Å². The number of aliphatic hydroxyl groups is 8. The zero-order valence-electron chi connectivity index (χ0n) is 52.2. The Labute approximate surface area is 505 Å². The third-order valence-electron chi connectivity index (χ3n) is 22.9. The maximum atomic E-state index is 14.1. The fourth-order valence-electron chi connectivity index (χ4n) is 17.4. The van der Waals surface area contributed by atoms with Crippen molar-refractivity contribution in [2.45, 2.75) is 229 Å². The number of carbonyl (C=O) groups is 4. The van der Waals surface area contributed by atoms with Gasteiger partial charge in [-0.25, -0.2) is 9.59 Å². The van der Waals surface area contributed by atoms with Gasteiger partial charge in [-0.1, -0.05) is 98.7 Å². The van der Waals surface area contributed by atoms with Gasteiger partial charge in [-0.15, -0.1) is 0 Å². The summed E-state index contributed by atoms with van der Waals surface area (Å²) in [5.74, 6) is -4.92. The number of hydrogen-bond donors (Lipinski definition) is 8. The largest absolute Gasteiger partial charge is 0.455 e. The molecule has 2 heterocycles. The Balaban J connectivity index is 0.000000209. The van der Waals surface area contributed by atoms with E-state index in [0.29, 0.717) is 23.1 Å². The van der Waals surface area contributed by atoms with Crippen molar-refractivity contribution >= 4 is 32.2 Å². The van der Waals surface area contributed by atoms with Crippen molar-refractivity contribution in [2.75, 3.05) is 20.3 Å². The van der Waals surface area contributed by atoms with Crippen molar-refractivity contribution in [1.82, 2.24) is 0 Å². The summed E-state index contributed by atoms with van der Waals surface area (Å²) in [5.41, 5.74) is -10.0. The number of ether oxygens (including phenoxy) is 7. The van der Waals surface area contributed by atoms with E-state index in [2.05, 4.69) is 20.8 Å². The van der Waals surface area contributed by atoms with Gasteiger partial charge in [0.2, 0.25) is 0 Å². The van der Waals surface area contributed by atoms with E-state index in [4.69, 9.17) is 37.6 Å². The van der Waals surface area contributed by atoms with Crippen LogP contribution in [0, 0.1) is 33.5 Å². The second kappa shape index (κ2) is 23.1. The van der Waals surface area contributed by atoms with Gasteiger partial charge in [0.05, 0.1) is 72.8 Å². The molecule has 4 bridgehead atoms. The SMILES string of the molecule is CC(=O)O[C@@]12CO[C@@H]1C[C@H](O)[C@@]1(C)C(O)[C@H](O)C3=C(C)[C@@H](O)C[C@@](O)([C@@H](OC(=O)c4ccccc4)[C@H]21)C3(C)C.CC[Si](CC)(CC)O[C@H]1C[C@H]2OC[C@@]2(OC(C)=O)[C@H]2[C@H](OC(=O)c3ccccc3)[C@]3(O)C[C@H](O)C(C)=C([C@@H](OC)C(O)[C@]12C)C3(C)C. The van der Waals surface area contributed by atoms with Crippen LogP contribution in [-0.4, -0.2) is 189 Å². The van der Waals surface area contributed by atoms with Crippen LogP contribution in [0.1, 0.15) is 136 Å². The number of aliphatic hydroxyl groups excluding tert-OH is 6. The molecule has 8 N–H and O–H groups in total. The molecule has 2 unspecified atom stereocenters. The fraction of sp³-hybridized carbons (Fsp3) is 0.692. The molecule has 2 aromatic carbocycles. The lowest BCUT2D eigenvalue weighted by atomic mass is 9.44. The molecule has 20 nitrogen and oxygen atoms in total. The monoisotopic (exact) mass is 1220 g/mol. The molecule has 6 aliphatic carbocycles. The molecule has 2 saturated heterocycles. The van der Waals surface area contributed by atoms with Crippen LogP contribution in [-0.2, 0) is 47.2 Å². The van der Waals surface area contributed by atoms with Crippen LogP contribution in [0.15, 0.2) is 83.0 Å². The molecule has 8 aliphatic rings. The zero-order chi connectivity index (χ0) is 63.4. The Morgan fingerprint density at radius 3 is 1.40 bits per heavy atom. The lowest BCUT2D eigenvalue weighted by molar-refractivity contribution is -0.365. The third kappa shape index (κ3) is 9.64. The minimum absolute atomic E-state index is 0.0212. The Hall–Kier alpha value is -4.46. The van der Waals surface area contributed by atoms with Crippen LogP contribution < -0.4 is 0 Å². The Kier molecular flexibility index (Phi) is 17.7. The van der Waals surface area contributed by atoms with Crippen LogP contribution in [0.25, 0.3) is 0 Å². The van der Waals surface area contributed by atoms with E-state index < -0.39 is 161 Å². The van der Waals surface area contributed by atoms with Crippen LogP contribution in [0.2, 0.25) is 18.1 Å². The molecule has 0 aromatic heterocycles. The molecule has 20 atom stereocenters. The lowest BCUT2D eigenvalue weighted by Gasteiger charge is -2.70. The molecule has 10 rings (SSSR count). The Morgan fingerprint density at radius 2 is 1.00 bits per heavy atom. The first kappa shape index (κ1) is 66.0. The number of methoxy groups -OCH3 is 1. The summed E-state index contributed by atoms with van der Waals surface area (Å²) >= 11 is 0. The van der Waals surface area contributed by atoms with Crippen molar-refractivity contribution in [3.8, 4) is 0 Å². The molecular formula is C65H92O20Si. The standard InChI is InChI=1S/C36H54O10Si.C29H38O10/c1-10-47(11-2,12-3)46-25-18-26-35(20-43-26,45-22(5)37)29-31(44-32(40)23-16-14-13-15-17-23)36(41)19-24(38)21(4)27(33(36,6)7)28(42-9)30(39)34(25,29)8;1-14-17(31)12-29(36)24(38-25(35)16-9-7-6-8-10-16)22-27(5,23(34)21(33)20(14)26(29,3)4)18(32)11-19-28(22,13-37-19)39-15(2)30/h13-17,24-26,28-31,38-39,41H,10-12,18-20H2,1-9H3;6-10,17-19,21-24,31-34,36H,11-13H2,1-5H3/t24-,25-,26+,28+,29-,30?,31-,34+,35-,36+;17-,18-,19+,21+,22-,23?,24-,27+,28-,29+/m00/s1. The summed E-state index contributed by atoms with van der Waals surface area (Å²) in [5, 5.41) is 96.5. The van der Waals surface area contributed by atoms with Gasteiger partial charge in [-0.05, 0) is 78.5 Å². The minimum atomic E-state index is -2.35. The summed E-state index contributed by atoms with van der Waals surface area (Å²) < 4.78 is 50.2. The number of fused-ring (bicyclic) bond motifs is 10. The van der Waals surface area contributed by atoms with Gasteiger partial charge in [0, 0.05) is 68.3 Å². The molecule has 6 fully saturated rings. The smallest absolute Gasteiger partial charge is 0.338 e. The summed E-state index contributed by atoms with van der Waals surface area (Å²) in [7, 11) is -0.837. The highest BCUT2D eigenvalue weighted by Crippen LogP contribution is 2.68. The van der Waals surface area contributed by atoms with Crippen LogP contribution >= 0.6 is 0 Å². The highest BCUT2D eigenvalue weighted by Gasteiger charge is 2.80. The predicted molar refractivity (Wildman–Crippen MR) is 313 cm³/mol. The maximum absolute atomic E-state index is 14.1. The van der Waals surface area contributed by atoms with Crippen LogP contribution in [0.5, 0.6) is 0 Å². The van der Waals surface area contributed by atoms with Crippen LogP contribution in [0.4, 0.5) is 0 Å². The molecule has 4 saturated carbocycles. The normalized spacial score (nSPS) is 41.8. The van der Waals surface area contributed by atoms with E-state index >= 15 is 0 Å². The molecular weight excluding hydrogens is 1130 g/mol. The van der Waals surface area contributed by atoms with Crippen LogP contribution in [0.3, 0.4) is 0 Å². The molecule has 0 spiro atoms. The molecule has 86 heavy (non-hydrogen) atoms. The van der Waals surface area contributed by atoms with E-state index in [9.17, 15) is 60.0 Å². The number of benzene rings is 2. The van der Waals surface area contributed by atoms with Crippen molar-refractivity contribution < 1.29 is 97.6 Å². The maximum Gasteiger partial charge on any atom is 0.338 e. The summed E-state index contributed by atoms with van der Waals surface area (Å²) in [6.45, 7) is 22.6. The Morgan fingerprint density at radius 1 is 0.593 bits per heavy atom. The van der Waals surface area contributed by atoms with E-state index in [1.165, 1.54) is 21.0 Å². The highest BCUT2D eigenvalue weighted by atomic mass is 28.4. The molecule has 2 aromatic rings. The van der Waals surface area contributed by atoms with Crippen molar-refractivity contribution in [1.29, 1.82) is 0 Å². The predicted octanol–water partition coefficient (Wildman–Crippen LogP) is 5.43. The number of hydrogen-bond acceptors (Lipinski definition) is 20. The first-order chi connectivity index (χ1) is 40.2. The summed E-state index contributed by atoms with van der Waals surface area (Å²) in [4.78, 5) is 53.1. The van der Waals surface area contributed by atoms with E-state index in [-0.39, 0.29) is 49.2 Å². The lowest BCUT2D eigenvalue weighted by Crippen LogP contribution is -2.82. The highest BCUT2D eigenvalue weighted by molar-refractivity contribution is 6.73. The van der Waals surface area contributed by atoms with Gasteiger partial charge < -0.3 is 78.4 Å². The van der Waals surface area contributed by atoms with Crippen molar-refractivity contribution in [3.05, 3.63) is 94.1 Å².